The molecule has 2 rings (SSSR count). The normalized spacial score (nSPS) is 24.6. The van der Waals surface area contributed by atoms with Gasteiger partial charge in [-0.05, 0) is 43.0 Å². The molecule has 0 amide bonds. The summed E-state index contributed by atoms with van der Waals surface area (Å²) in [5, 5.41) is 2.51. The van der Waals surface area contributed by atoms with Gasteiger partial charge in [0, 0.05) is 12.0 Å². The van der Waals surface area contributed by atoms with Crippen molar-refractivity contribution < 1.29 is 10.1 Å². The van der Waals surface area contributed by atoms with Gasteiger partial charge in [0.2, 0.25) is 0 Å². The molecular formula is C15H24NO+. The van der Waals surface area contributed by atoms with E-state index < -0.39 is 0 Å². The Morgan fingerprint density at radius 3 is 2.65 bits per heavy atom. The van der Waals surface area contributed by atoms with Crippen molar-refractivity contribution in [3.05, 3.63) is 29.8 Å². The van der Waals surface area contributed by atoms with Crippen LogP contribution in [0.4, 0.5) is 0 Å². The zero-order valence-electron chi connectivity index (χ0n) is 11.0. The second kappa shape index (κ2) is 6.06. The number of rotatable bonds is 4. The van der Waals surface area contributed by atoms with Gasteiger partial charge in [-0.25, -0.2) is 0 Å². The molecule has 2 heteroatoms. The molecule has 0 heterocycles. The van der Waals surface area contributed by atoms with Crippen LogP contribution in [0.5, 0.6) is 5.75 Å². The van der Waals surface area contributed by atoms with Gasteiger partial charge in [-0.1, -0.05) is 13.3 Å². The van der Waals surface area contributed by atoms with Gasteiger partial charge in [-0.15, -0.1) is 0 Å². The summed E-state index contributed by atoms with van der Waals surface area (Å²) < 4.78 is 5.17. The summed E-state index contributed by atoms with van der Waals surface area (Å²) in [7, 11) is 1.71. The van der Waals surface area contributed by atoms with Crippen molar-refractivity contribution >= 4 is 0 Å². The fourth-order valence-electron chi connectivity index (χ4n) is 2.76. The number of ether oxygens (including phenoxy) is 1. The van der Waals surface area contributed by atoms with Gasteiger partial charge >= 0.3 is 0 Å². The smallest absolute Gasteiger partial charge is 0.118 e. The van der Waals surface area contributed by atoms with Gasteiger partial charge < -0.3 is 10.1 Å². The molecule has 1 aliphatic rings. The SMILES string of the molecule is COc1ccc(C[NH2+][C@H]2CCC[C@@H](C)C2)cc1. The highest BCUT2D eigenvalue weighted by atomic mass is 16.5. The lowest BCUT2D eigenvalue weighted by atomic mass is 9.87. The molecule has 1 aliphatic carbocycles. The molecule has 0 aliphatic heterocycles. The summed E-state index contributed by atoms with van der Waals surface area (Å²) in [6.45, 7) is 3.48. The van der Waals surface area contributed by atoms with E-state index in [1.165, 1.54) is 31.2 Å². The van der Waals surface area contributed by atoms with Gasteiger partial charge in [0.25, 0.3) is 0 Å². The molecule has 1 fully saturated rings. The molecule has 1 aromatic carbocycles. The van der Waals surface area contributed by atoms with E-state index in [1.807, 2.05) is 12.1 Å². The number of nitrogens with two attached hydrogens (primary N) is 1. The van der Waals surface area contributed by atoms with Gasteiger partial charge in [-0.3, -0.25) is 0 Å². The standard InChI is InChI=1S/C15H23NO/c1-12-4-3-5-14(10-12)16-11-13-6-8-15(17-2)9-7-13/h6-9,12,14,16H,3-5,10-11H2,1-2H3/p+1/t12-,14+/m1/s1. The Balaban J connectivity index is 1.80. The van der Waals surface area contributed by atoms with Crippen LogP contribution in [0.1, 0.15) is 38.2 Å². The number of methoxy groups -OCH3 is 1. The third kappa shape index (κ3) is 3.74. The molecule has 0 unspecified atom stereocenters. The van der Waals surface area contributed by atoms with Crippen LogP contribution in [0.3, 0.4) is 0 Å². The van der Waals surface area contributed by atoms with Crippen LogP contribution in [-0.2, 0) is 6.54 Å². The maximum absolute atomic E-state index is 5.17. The van der Waals surface area contributed by atoms with Crippen molar-refractivity contribution in [2.75, 3.05) is 7.11 Å². The van der Waals surface area contributed by atoms with E-state index in [0.717, 1.165) is 24.3 Å². The highest BCUT2D eigenvalue weighted by molar-refractivity contribution is 5.26. The molecule has 94 valence electrons. The average Bonchev–Trinajstić information content (AvgIpc) is 2.37. The zero-order valence-corrected chi connectivity index (χ0v) is 11.0. The summed E-state index contributed by atoms with van der Waals surface area (Å²) in [4.78, 5) is 0. The van der Waals surface area contributed by atoms with Gasteiger partial charge in [0.15, 0.2) is 0 Å². The summed E-state index contributed by atoms with van der Waals surface area (Å²) in [5.41, 5.74) is 1.39. The first-order valence-electron chi connectivity index (χ1n) is 6.74. The molecule has 1 aromatic rings. The highest BCUT2D eigenvalue weighted by Gasteiger charge is 2.20. The Morgan fingerprint density at radius 1 is 1.24 bits per heavy atom. The molecule has 0 radical (unpaired) electrons. The highest BCUT2D eigenvalue weighted by Crippen LogP contribution is 2.21. The van der Waals surface area contributed by atoms with Crippen molar-refractivity contribution in [3.8, 4) is 5.75 Å². The lowest BCUT2D eigenvalue weighted by molar-refractivity contribution is -0.707. The van der Waals surface area contributed by atoms with Crippen LogP contribution in [0.2, 0.25) is 0 Å². The van der Waals surface area contributed by atoms with Crippen LogP contribution >= 0.6 is 0 Å². The lowest BCUT2D eigenvalue weighted by Gasteiger charge is -2.24. The van der Waals surface area contributed by atoms with Crippen LogP contribution < -0.4 is 10.1 Å². The minimum atomic E-state index is 0.834. The second-order valence-corrected chi connectivity index (χ2v) is 5.32. The lowest BCUT2D eigenvalue weighted by Crippen LogP contribution is -2.89. The van der Waals surface area contributed by atoms with Crippen molar-refractivity contribution in [2.45, 2.75) is 45.2 Å². The third-order valence-corrected chi connectivity index (χ3v) is 3.82. The molecule has 2 N–H and O–H groups in total. The fraction of sp³-hybridized carbons (Fsp3) is 0.600. The Hall–Kier alpha value is -1.02. The van der Waals surface area contributed by atoms with Gasteiger partial charge in [0.05, 0.1) is 13.2 Å². The molecule has 0 aromatic heterocycles. The Bertz CT molecular complexity index is 333. The van der Waals surface area contributed by atoms with Crippen LogP contribution in [0.15, 0.2) is 24.3 Å². The summed E-state index contributed by atoms with van der Waals surface area (Å²) in [6, 6.07) is 9.27. The molecule has 0 bridgehead atoms. The third-order valence-electron chi connectivity index (χ3n) is 3.82. The van der Waals surface area contributed by atoms with Crippen molar-refractivity contribution in [1.82, 2.24) is 0 Å². The van der Waals surface area contributed by atoms with Crippen molar-refractivity contribution in [1.29, 1.82) is 0 Å². The molecule has 2 nitrogen and oxygen atoms in total. The molecule has 0 saturated heterocycles. The maximum atomic E-state index is 5.17. The average molecular weight is 234 g/mol. The summed E-state index contributed by atoms with van der Waals surface area (Å²) in [5.74, 6) is 1.86. The van der Waals surface area contributed by atoms with Crippen molar-refractivity contribution in [3.63, 3.8) is 0 Å². The first-order valence-corrected chi connectivity index (χ1v) is 6.74. The largest absolute Gasteiger partial charge is 0.497 e. The zero-order chi connectivity index (χ0) is 12.1. The second-order valence-electron chi connectivity index (χ2n) is 5.32. The van der Waals surface area contributed by atoms with E-state index in [-0.39, 0.29) is 0 Å². The first-order chi connectivity index (χ1) is 8.28. The van der Waals surface area contributed by atoms with Crippen LogP contribution in [0.25, 0.3) is 0 Å². The van der Waals surface area contributed by atoms with Crippen LogP contribution in [0, 0.1) is 5.92 Å². The first kappa shape index (κ1) is 12.4. The molecular weight excluding hydrogens is 210 g/mol. The molecule has 1 saturated carbocycles. The molecule has 2 atom stereocenters. The van der Waals surface area contributed by atoms with E-state index in [2.05, 4.69) is 24.4 Å². The van der Waals surface area contributed by atoms with Gasteiger partial charge in [0.1, 0.15) is 12.3 Å². The van der Waals surface area contributed by atoms with Gasteiger partial charge in [-0.2, -0.15) is 0 Å². The Morgan fingerprint density at radius 2 is 2.00 bits per heavy atom. The number of benzene rings is 1. The molecule has 17 heavy (non-hydrogen) atoms. The number of quaternary nitrogens is 1. The Labute approximate surface area is 104 Å². The predicted molar refractivity (Wildman–Crippen MR) is 70.0 cm³/mol. The number of hydrogen-bond donors (Lipinski definition) is 1. The maximum Gasteiger partial charge on any atom is 0.118 e. The summed E-state index contributed by atoms with van der Waals surface area (Å²) in [6.07, 6.45) is 5.61. The summed E-state index contributed by atoms with van der Waals surface area (Å²) >= 11 is 0. The number of hydrogen-bond acceptors (Lipinski definition) is 1. The Kier molecular flexibility index (Phi) is 4.43. The van der Waals surface area contributed by atoms with E-state index >= 15 is 0 Å². The molecule has 0 spiro atoms. The monoisotopic (exact) mass is 234 g/mol. The van der Waals surface area contributed by atoms with Crippen LogP contribution in [-0.4, -0.2) is 13.2 Å². The van der Waals surface area contributed by atoms with Crippen molar-refractivity contribution in [2.24, 2.45) is 5.92 Å². The minimum Gasteiger partial charge on any atom is -0.497 e. The topological polar surface area (TPSA) is 25.8 Å². The predicted octanol–water partition coefficient (Wildman–Crippen LogP) is 2.34. The minimum absolute atomic E-state index is 0.834. The fourth-order valence-corrected chi connectivity index (χ4v) is 2.76. The van der Waals surface area contributed by atoms with E-state index in [1.54, 1.807) is 7.11 Å². The van der Waals surface area contributed by atoms with E-state index in [9.17, 15) is 0 Å². The van der Waals surface area contributed by atoms with E-state index in [0.29, 0.717) is 0 Å². The quantitative estimate of drug-likeness (QED) is 0.850. The van der Waals surface area contributed by atoms with E-state index in [4.69, 9.17) is 4.74 Å².